The predicted octanol–water partition coefficient (Wildman–Crippen LogP) is 2.10. The second-order valence-electron chi connectivity index (χ2n) is 5.85. The van der Waals surface area contributed by atoms with Crippen molar-refractivity contribution in [3.63, 3.8) is 0 Å². The fourth-order valence-electron chi connectivity index (χ4n) is 2.93. The summed E-state index contributed by atoms with van der Waals surface area (Å²) in [4.78, 5) is 4.30. The fourth-order valence-corrected chi connectivity index (χ4v) is 4.50. The molecule has 0 spiro atoms. The highest BCUT2D eigenvalue weighted by molar-refractivity contribution is 7.89. The van der Waals surface area contributed by atoms with Gasteiger partial charge in [0.2, 0.25) is 10.0 Å². The lowest BCUT2D eigenvalue weighted by atomic mass is 10.0. The van der Waals surface area contributed by atoms with Crippen LogP contribution in [0.3, 0.4) is 0 Å². The molecule has 6 heteroatoms. The summed E-state index contributed by atoms with van der Waals surface area (Å²) in [5.74, 6) is 0.600. The van der Waals surface area contributed by atoms with E-state index >= 15 is 0 Å². The largest absolute Gasteiger partial charge is 0.330 e. The van der Waals surface area contributed by atoms with Crippen LogP contribution in [0.2, 0.25) is 0 Å². The molecule has 1 fully saturated rings. The summed E-state index contributed by atoms with van der Waals surface area (Å²) in [5.41, 5.74) is 1.89. The molecule has 1 atom stereocenters. The third-order valence-corrected chi connectivity index (χ3v) is 5.95. The SMILES string of the molecule is CC1CCCN(S(=O)(=O)CCn2cnc3ccccc32)C1. The summed E-state index contributed by atoms with van der Waals surface area (Å²) < 4.78 is 28.5. The number of aromatic nitrogens is 2. The smallest absolute Gasteiger partial charge is 0.215 e. The van der Waals surface area contributed by atoms with E-state index in [4.69, 9.17) is 0 Å². The molecule has 2 heterocycles. The molecular weight excluding hydrogens is 286 g/mol. The van der Waals surface area contributed by atoms with Crippen molar-refractivity contribution >= 4 is 21.1 Å². The van der Waals surface area contributed by atoms with Crippen molar-refractivity contribution < 1.29 is 8.42 Å². The van der Waals surface area contributed by atoms with E-state index < -0.39 is 10.0 Å². The summed E-state index contributed by atoms with van der Waals surface area (Å²) in [6.45, 7) is 3.89. The van der Waals surface area contributed by atoms with Crippen LogP contribution in [0.5, 0.6) is 0 Å². The van der Waals surface area contributed by atoms with Crippen LogP contribution in [0.1, 0.15) is 19.8 Å². The zero-order chi connectivity index (χ0) is 14.9. The van der Waals surface area contributed by atoms with E-state index in [1.807, 2.05) is 28.8 Å². The molecule has 0 amide bonds. The van der Waals surface area contributed by atoms with Gasteiger partial charge >= 0.3 is 0 Å². The van der Waals surface area contributed by atoms with Crippen LogP contribution in [0, 0.1) is 5.92 Å². The van der Waals surface area contributed by atoms with Gasteiger partial charge in [-0.1, -0.05) is 19.1 Å². The number of benzene rings is 1. The van der Waals surface area contributed by atoms with Crippen LogP contribution < -0.4 is 0 Å². The number of rotatable bonds is 4. The summed E-state index contributed by atoms with van der Waals surface area (Å²) >= 11 is 0. The molecule has 1 aromatic heterocycles. The number of imidazole rings is 1. The minimum absolute atomic E-state index is 0.139. The molecule has 1 unspecified atom stereocenters. The summed E-state index contributed by atoms with van der Waals surface area (Å²) in [6.07, 6.45) is 3.81. The quantitative estimate of drug-likeness (QED) is 0.869. The number of nitrogens with zero attached hydrogens (tertiary/aromatic N) is 3. The monoisotopic (exact) mass is 307 g/mol. The lowest BCUT2D eigenvalue weighted by molar-refractivity contribution is 0.281. The van der Waals surface area contributed by atoms with E-state index in [-0.39, 0.29) is 5.75 Å². The highest BCUT2D eigenvalue weighted by Gasteiger charge is 2.26. The van der Waals surface area contributed by atoms with Crippen LogP contribution in [-0.2, 0) is 16.6 Å². The molecule has 0 saturated carbocycles. The molecule has 1 aliphatic rings. The number of piperidine rings is 1. The first kappa shape index (κ1) is 14.5. The van der Waals surface area contributed by atoms with E-state index in [1.54, 1.807) is 10.6 Å². The first-order chi connectivity index (χ1) is 10.1. The maximum absolute atomic E-state index is 12.5. The summed E-state index contributed by atoms with van der Waals surface area (Å²) in [7, 11) is -3.18. The third kappa shape index (κ3) is 3.11. The molecule has 1 saturated heterocycles. The van der Waals surface area contributed by atoms with Gasteiger partial charge in [0.15, 0.2) is 0 Å². The maximum atomic E-state index is 12.5. The van der Waals surface area contributed by atoms with E-state index in [2.05, 4.69) is 11.9 Å². The van der Waals surface area contributed by atoms with Crippen LogP contribution in [0.15, 0.2) is 30.6 Å². The van der Waals surface area contributed by atoms with Crippen LogP contribution in [0.25, 0.3) is 11.0 Å². The van der Waals surface area contributed by atoms with Crippen molar-refractivity contribution in [1.29, 1.82) is 0 Å². The Kier molecular flexibility index (Phi) is 3.99. The lowest BCUT2D eigenvalue weighted by Gasteiger charge is -2.30. The molecule has 21 heavy (non-hydrogen) atoms. The predicted molar refractivity (Wildman–Crippen MR) is 83.5 cm³/mol. The Morgan fingerprint density at radius 1 is 1.33 bits per heavy atom. The molecule has 1 aliphatic heterocycles. The number of hydrogen-bond acceptors (Lipinski definition) is 3. The number of sulfonamides is 1. The van der Waals surface area contributed by atoms with Gasteiger partial charge in [-0.15, -0.1) is 0 Å². The summed E-state index contributed by atoms with van der Waals surface area (Å²) in [5, 5.41) is 0. The second kappa shape index (κ2) is 5.77. The standard InChI is InChI=1S/C15H21N3O2S/c1-13-5-4-8-18(11-13)21(19,20)10-9-17-12-16-14-6-2-3-7-15(14)17/h2-3,6-7,12-13H,4-5,8-11H2,1H3. The normalized spacial score (nSPS) is 20.9. The van der Waals surface area contributed by atoms with E-state index in [1.165, 1.54) is 0 Å². The fraction of sp³-hybridized carbons (Fsp3) is 0.533. The average molecular weight is 307 g/mol. The molecule has 3 rings (SSSR count). The van der Waals surface area contributed by atoms with Gasteiger partial charge in [-0.2, -0.15) is 0 Å². The molecule has 1 aromatic carbocycles. The highest BCUT2D eigenvalue weighted by Crippen LogP contribution is 2.19. The molecule has 0 N–H and O–H groups in total. The van der Waals surface area contributed by atoms with E-state index in [9.17, 15) is 8.42 Å². The van der Waals surface area contributed by atoms with Gasteiger partial charge in [-0.3, -0.25) is 0 Å². The Balaban J connectivity index is 1.71. The molecule has 0 radical (unpaired) electrons. The van der Waals surface area contributed by atoms with Crippen molar-refractivity contribution in [2.75, 3.05) is 18.8 Å². The van der Waals surface area contributed by atoms with Crippen LogP contribution >= 0.6 is 0 Å². The molecule has 114 valence electrons. The zero-order valence-electron chi connectivity index (χ0n) is 12.3. The van der Waals surface area contributed by atoms with Gasteiger partial charge in [-0.25, -0.2) is 17.7 Å². The van der Waals surface area contributed by atoms with Gasteiger partial charge < -0.3 is 4.57 Å². The van der Waals surface area contributed by atoms with E-state index in [0.29, 0.717) is 25.6 Å². The van der Waals surface area contributed by atoms with Crippen molar-refractivity contribution in [2.45, 2.75) is 26.3 Å². The van der Waals surface area contributed by atoms with Crippen molar-refractivity contribution in [3.8, 4) is 0 Å². The molecular formula is C15H21N3O2S. The molecule has 5 nitrogen and oxygen atoms in total. The molecule has 0 bridgehead atoms. The number of para-hydroxylation sites is 2. The Morgan fingerprint density at radius 3 is 2.95 bits per heavy atom. The Hall–Kier alpha value is -1.40. The minimum Gasteiger partial charge on any atom is -0.330 e. The van der Waals surface area contributed by atoms with Crippen LogP contribution in [-0.4, -0.2) is 41.1 Å². The highest BCUT2D eigenvalue weighted by atomic mass is 32.2. The number of hydrogen-bond donors (Lipinski definition) is 0. The lowest BCUT2D eigenvalue weighted by Crippen LogP contribution is -2.40. The Bertz CT molecular complexity index is 723. The second-order valence-corrected chi connectivity index (χ2v) is 7.94. The Labute approximate surface area is 125 Å². The maximum Gasteiger partial charge on any atom is 0.215 e. The first-order valence-corrected chi connectivity index (χ1v) is 9.05. The van der Waals surface area contributed by atoms with Gasteiger partial charge in [0, 0.05) is 19.6 Å². The Morgan fingerprint density at radius 2 is 2.14 bits per heavy atom. The van der Waals surface area contributed by atoms with Gasteiger partial charge in [0.05, 0.1) is 23.1 Å². The molecule has 2 aromatic rings. The number of fused-ring (bicyclic) bond motifs is 1. The average Bonchev–Trinajstić information content (AvgIpc) is 2.88. The first-order valence-electron chi connectivity index (χ1n) is 7.44. The third-order valence-electron chi connectivity index (χ3n) is 4.13. The van der Waals surface area contributed by atoms with E-state index in [0.717, 1.165) is 23.9 Å². The van der Waals surface area contributed by atoms with Gasteiger partial charge in [-0.05, 0) is 30.9 Å². The van der Waals surface area contributed by atoms with Crippen LogP contribution in [0.4, 0.5) is 0 Å². The number of aryl methyl sites for hydroxylation is 1. The van der Waals surface area contributed by atoms with Gasteiger partial charge in [0.1, 0.15) is 0 Å². The summed E-state index contributed by atoms with van der Waals surface area (Å²) in [6, 6.07) is 7.79. The van der Waals surface area contributed by atoms with Crippen molar-refractivity contribution in [3.05, 3.63) is 30.6 Å². The van der Waals surface area contributed by atoms with Gasteiger partial charge in [0.25, 0.3) is 0 Å². The van der Waals surface area contributed by atoms with Crippen molar-refractivity contribution in [2.24, 2.45) is 5.92 Å². The topological polar surface area (TPSA) is 55.2 Å². The van der Waals surface area contributed by atoms with Crippen molar-refractivity contribution in [1.82, 2.24) is 13.9 Å². The molecule has 0 aliphatic carbocycles. The minimum atomic E-state index is -3.18. The zero-order valence-corrected chi connectivity index (χ0v) is 13.1.